The molecule has 1 aromatic heterocycles. The number of rotatable bonds is 6. The third-order valence-corrected chi connectivity index (χ3v) is 6.78. The van der Waals surface area contributed by atoms with Crippen LogP contribution in [0.5, 0.6) is 0 Å². The minimum absolute atomic E-state index is 0.192. The van der Waals surface area contributed by atoms with E-state index < -0.39 is 0 Å². The molecule has 2 unspecified atom stereocenters. The topological polar surface area (TPSA) is 54.0 Å². The number of carbonyl (C=O) groups excluding carboxylic acids is 1. The van der Waals surface area contributed by atoms with Gasteiger partial charge in [-0.1, -0.05) is 26.0 Å². The minimum Gasteiger partial charge on any atom is -0.351 e. The van der Waals surface area contributed by atoms with Crippen LogP contribution in [0.15, 0.2) is 24.3 Å². The fourth-order valence-corrected chi connectivity index (χ4v) is 4.86. The highest BCUT2D eigenvalue weighted by Crippen LogP contribution is 2.34. The first-order valence-electron chi connectivity index (χ1n) is 9.47. The molecule has 0 radical (unpaired) electrons. The lowest BCUT2D eigenvalue weighted by molar-refractivity contribution is -0.132. The first kappa shape index (κ1) is 18.3. The molecule has 1 amide bonds. The number of thiazole rings is 1. The van der Waals surface area contributed by atoms with Crippen molar-refractivity contribution >= 4 is 27.5 Å². The third-order valence-electron chi connectivity index (χ3n) is 5.74. The lowest BCUT2D eigenvalue weighted by atomic mass is 9.78. The molecule has 4 nitrogen and oxygen atoms in total. The lowest BCUT2D eigenvalue weighted by Crippen LogP contribution is -2.55. The van der Waals surface area contributed by atoms with E-state index in [1.165, 1.54) is 4.70 Å². The Labute approximate surface area is 154 Å². The van der Waals surface area contributed by atoms with Crippen molar-refractivity contribution in [2.75, 3.05) is 6.54 Å². The van der Waals surface area contributed by atoms with Crippen LogP contribution < -0.4 is 10.6 Å². The van der Waals surface area contributed by atoms with Gasteiger partial charge in [0.15, 0.2) is 0 Å². The summed E-state index contributed by atoms with van der Waals surface area (Å²) in [5.41, 5.74) is 0.666. The molecule has 0 bridgehead atoms. The van der Waals surface area contributed by atoms with E-state index in [-0.39, 0.29) is 17.4 Å². The number of fused-ring (bicyclic) bond motifs is 1. The number of hydrogen-bond donors (Lipinski definition) is 2. The maximum absolute atomic E-state index is 13.2. The Morgan fingerprint density at radius 3 is 2.80 bits per heavy atom. The fraction of sp³-hybridized carbons (Fsp3) is 0.600. The Kier molecular flexibility index (Phi) is 5.74. The van der Waals surface area contributed by atoms with E-state index in [9.17, 15) is 4.79 Å². The molecule has 136 valence electrons. The third kappa shape index (κ3) is 3.87. The van der Waals surface area contributed by atoms with Gasteiger partial charge in [-0.15, -0.1) is 11.3 Å². The molecule has 0 aliphatic carbocycles. The number of nitrogens with zero attached hydrogens (tertiary/aromatic N) is 1. The van der Waals surface area contributed by atoms with E-state index >= 15 is 0 Å². The van der Waals surface area contributed by atoms with Crippen molar-refractivity contribution in [3.05, 3.63) is 29.3 Å². The smallest absolute Gasteiger partial charge is 0.226 e. The zero-order valence-corrected chi connectivity index (χ0v) is 16.3. The summed E-state index contributed by atoms with van der Waals surface area (Å²) in [6.45, 7) is 7.46. The summed E-state index contributed by atoms with van der Waals surface area (Å²) in [6, 6.07) is 8.78. The second-order valence-corrected chi connectivity index (χ2v) is 8.32. The van der Waals surface area contributed by atoms with Gasteiger partial charge in [0.05, 0.1) is 20.6 Å². The van der Waals surface area contributed by atoms with Crippen LogP contribution in [0.4, 0.5) is 0 Å². The van der Waals surface area contributed by atoms with Crippen molar-refractivity contribution in [2.45, 2.75) is 65.0 Å². The van der Waals surface area contributed by atoms with Crippen LogP contribution in [0.2, 0.25) is 0 Å². The number of benzene rings is 1. The Balaban J connectivity index is 1.78. The Morgan fingerprint density at radius 1 is 1.36 bits per heavy atom. The van der Waals surface area contributed by atoms with Gasteiger partial charge >= 0.3 is 0 Å². The SMILES string of the molecule is CCC(CC)(Cc1nc2ccccc2s1)C(=O)NC1CCCNC1C. The van der Waals surface area contributed by atoms with E-state index in [1.807, 2.05) is 18.2 Å². The summed E-state index contributed by atoms with van der Waals surface area (Å²) in [5, 5.41) is 7.87. The van der Waals surface area contributed by atoms with E-state index in [0.717, 1.165) is 49.2 Å². The number of hydrogen-bond acceptors (Lipinski definition) is 4. The molecule has 2 N–H and O–H groups in total. The largest absolute Gasteiger partial charge is 0.351 e. The number of amides is 1. The van der Waals surface area contributed by atoms with Gasteiger partial charge in [0.1, 0.15) is 0 Å². The number of para-hydroxylation sites is 1. The van der Waals surface area contributed by atoms with Crippen molar-refractivity contribution in [3.63, 3.8) is 0 Å². The van der Waals surface area contributed by atoms with Gasteiger partial charge in [-0.2, -0.15) is 0 Å². The van der Waals surface area contributed by atoms with Gasteiger partial charge in [-0.05, 0) is 51.3 Å². The van der Waals surface area contributed by atoms with Crippen LogP contribution in [0.25, 0.3) is 10.2 Å². The molecule has 0 spiro atoms. The Bertz CT molecular complexity index is 690. The van der Waals surface area contributed by atoms with Crippen molar-refractivity contribution in [1.82, 2.24) is 15.6 Å². The number of aromatic nitrogens is 1. The molecule has 1 aromatic carbocycles. The van der Waals surface area contributed by atoms with Crippen LogP contribution in [0.1, 0.15) is 51.5 Å². The summed E-state index contributed by atoms with van der Waals surface area (Å²) in [7, 11) is 0. The number of carbonyl (C=O) groups is 1. The first-order chi connectivity index (χ1) is 12.1. The van der Waals surface area contributed by atoms with Gasteiger partial charge < -0.3 is 10.6 Å². The predicted octanol–water partition coefficient (Wildman–Crippen LogP) is 3.90. The zero-order valence-electron chi connectivity index (χ0n) is 15.5. The molecule has 2 atom stereocenters. The van der Waals surface area contributed by atoms with Gasteiger partial charge in [0.25, 0.3) is 0 Å². The molecule has 1 aliphatic heterocycles. The molecule has 5 heteroatoms. The van der Waals surface area contributed by atoms with Crippen LogP contribution in [0.3, 0.4) is 0 Å². The normalized spacial score (nSPS) is 21.4. The van der Waals surface area contributed by atoms with Gasteiger partial charge in [-0.25, -0.2) is 4.98 Å². The predicted molar refractivity (Wildman–Crippen MR) is 105 cm³/mol. The summed E-state index contributed by atoms with van der Waals surface area (Å²) < 4.78 is 1.20. The second-order valence-electron chi connectivity index (χ2n) is 7.20. The quantitative estimate of drug-likeness (QED) is 0.822. The highest BCUT2D eigenvalue weighted by atomic mass is 32.1. The van der Waals surface area contributed by atoms with Gasteiger partial charge in [0.2, 0.25) is 5.91 Å². The average Bonchev–Trinajstić information content (AvgIpc) is 3.04. The van der Waals surface area contributed by atoms with Crippen molar-refractivity contribution in [1.29, 1.82) is 0 Å². The van der Waals surface area contributed by atoms with E-state index in [4.69, 9.17) is 4.98 Å². The molecule has 2 heterocycles. The summed E-state index contributed by atoms with van der Waals surface area (Å²) in [5.74, 6) is 0.192. The van der Waals surface area contributed by atoms with Gasteiger partial charge in [0, 0.05) is 18.5 Å². The molecule has 25 heavy (non-hydrogen) atoms. The van der Waals surface area contributed by atoms with Crippen molar-refractivity contribution in [3.8, 4) is 0 Å². The monoisotopic (exact) mass is 359 g/mol. The number of piperidine rings is 1. The van der Waals surface area contributed by atoms with Crippen LogP contribution in [0, 0.1) is 5.41 Å². The number of nitrogens with one attached hydrogen (secondary N) is 2. The van der Waals surface area contributed by atoms with Crippen LogP contribution in [-0.2, 0) is 11.2 Å². The minimum atomic E-state index is -0.370. The first-order valence-corrected chi connectivity index (χ1v) is 10.3. The lowest BCUT2D eigenvalue weighted by Gasteiger charge is -2.36. The highest BCUT2D eigenvalue weighted by molar-refractivity contribution is 7.18. The molecule has 1 fully saturated rings. The second kappa shape index (κ2) is 7.83. The van der Waals surface area contributed by atoms with Crippen LogP contribution >= 0.6 is 11.3 Å². The van der Waals surface area contributed by atoms with Crippen molar-refractivity contribution < 1.29 is 4.79 Å². The standard InChI is InChI=1S/C20H29N3OS/c1-4-20(5-2,19(24)23-15-10-8-12-21-14(15)3)13-18-22-16-9-6-7-11-17(16)25-18/h6-7,9,11,14-15,21H,4-5,8,10,12-13H2,1-3H3,(H,23,24). The zero-order chi connectivity index (χ0) is 17.9. The molecular weight excluding hydrogens is 330 g/mol. The van der Waals surface area contributed by atoms with Gasteiger partial charge in [-0.3, -0.25) is 4.79 Å². The Hall–Kier alpha value is -1.46. The average molecular weight is 360 g/mol. The van der Waals surface area contributed by atoms with E-state index in [2.05, 4.69) is 37.5 Å². The van der Waals surface area contributed by atoms with E-state index in [0.29, 0.717) is 6.04 Å². The molecule has 1 saturated heterocycles. The molecule has 2 aromatic rings. The summed E-state index contributed by atoms with van der Waals surface area (Å²) >= 11 is 1.72. The summed E-state index contributed by atoms with van der Waals surface area (Å²) in [4.78, 5) is 18.0. The van der Waals surface area contributed by atoms with Crippen LogP contribution in [-0.4, -0.2) is 29.5 Å². The maximum atomic E-state index is 13.2. The molecule has 0 saturated carbocycles. The Morgan fingerprint density at radius 2 is 2.12 bits per heavy atom. The fourth-order valence-electron chi connectivity index (χ4n) is 3.75. The maximum Gasteiger partial charge on any atom is 0.226 e. The summed E-state index contributed by atoms with van der Waals surface area (Å²) in [6.07, 6.45) is 4.57. The molecule has 1 aliphatic rings. The molecule has 3 rings (SSSR count). The highest BCUT2D eigenvalue weighted by Gasteiger charge is 2.38. The van der Waals surface area contributed by atoms with E-state index in [1.54, 1.807) is 11.3 Å². The van der Waals surface area contributed by atoms with Crippen molar-refractivity contribution in [2.24, 2.45) is 5.41 Å². The molecular formula is C20H29N3OS.